The molecule has 2 aromatic rings. The number of rotatable bonds is 4. The first-order valence-electron chi connectivity index (χ1n) is 7.36. The molecule has 0 bridgehead atoms. The molecular formula is C17H19NO3. The van der Waals surface area contributed by atoms with Crippen molar-refractivity contribution >= 4 is 5.97 Å². The van der Waals surface area contributed by atoms with Crippen molar-refractivity contribution in [3.8, 4) is 11.5 Å². The standard InChI is InChI=1S/C17H19NO3/c1-4-20-17(19)15-14(12-8-9-12)18-16(21-15)13-10(2)6-5-7-11(13)3/h5-7,12H,4,8-9H2,1-3H3. The maximum absolute atomic E-state index is 12.1. The van der Waals surface area contributed by atoms with Gasteiger partial charge in [0.15, 0.2) is 0 Å². The average Bonchev–Trinajstić information content (AvgIpc) is 3.19. The Morgan fingerprint density at radius 1 is 1.33 bits per heavy atom. The highest BCUT2D eigenvalue weighted by atomic mass is 16.5. The Bertz CT molecular complexity index is 663. The molecule has 1 aromatic carbocycles. The smallest absolute Gasteiger partial charge is 0.376 e. The molecule has 0 saturated heterocycles. The van der Waals surface area contributed by atoms with Crippen LogP contribution in [0.3, 0.4) is 0 Å². The minimum Gasteiger partial charge on any atom is -0.460 e. The molecule has 0 N–H and O–H groups in total. The van der Waals surface area contributed by atoms with Gasteiger partial charge in [-0.05, 0) is 44.7 Å². The number of carbonyl (C=O) groups is 1. The Morgan fingerprint density at radius 3 is 2.57 bits per heavy atom. The van der Waals surface area contributed by atoms with Gasteiger partial charge in [-0.15, -0.1) is 0 Å². The highest BCUT2D eigenvalue weighted by Crippen LogP contribution is 2.43. The van der Waals surface area contributed by atoms with E-state index in [2.05, 4.69) is 4.98 Å². The highest BCUT2D eigenvalue weighted by Gasteiger charge is 2.34. The van der Waals surface area contributed by atoms with Gasteiger partial charge in [0.2, 0.25) is 11.7 Å². The predicted octanol–water partition coefficient (Wildman–Crippen LogP) is 4.01. The molecule has 1 heterocycles. The van der Waals surface area contributed by atoms with Crippen LogP contribution in [-0.2, 0) is 4.74 Å². The second-order valence-corrected chi connectivity index (χ2v) is 5.49. The maximum atomic E-state index is 12.1. The zero-order chi connectivity index (χ0) is 15.0. The van der Waals surface area contributed by atoms with Gasteiger partial charge in [-0.3, -0.25) is 0 Å². The molecule has 110 valence electrons. The summed E-state index contributed by atoms with van der Waals surface area (Å²) < 4.78 is 10.9. The molecule has 1 fully saturated rings. The largest absolute Gasteiger partial charge is 0.460 e. The number of oxazole rings is 1. The van der Waals surface area contributed by atoms with Crippen LogP contribution in [0.1, 0.15) is 53.1 Å². The Morgan fingerprint density at radius 2 is 2.00 bits per heavy atom. The molecule has 0 radical (unpaired) electrons. The second kappa shape index (κ2) is 5.35. The SMILES string of the molecule is CCOC(=O)c1oc(-c2c(C)cccc2C)nc1C1CC1. The van der Waals surface area contributed by atoms with Crippen molar-refractivity contribution in [1.82, 2.24) is 4.98 Å². The van der Waals surface area contributed by atoms with E-state index in [1.807, 2.05) is 32.0 Å². The summed E-state index contributed by atoms with van der Waals surface area (Å²) in [5, 5.41) is 0. The number of hydrogen-bond donors (Lipinski definition) is 0. The molecule has 4 nitrogen and oxygen atoms in total. The fraction of sp³-hybridized carbons (Fsp3) is 0.412. The number of carbonyl (C=O) groups excluding carboxylic acids is 1. The number of aromatic nitrogens is 1. The van der Waals surface area contributed by atoms with Crippen LogP contribution in [0.4, 0.5) is 0 Å². The summed E-state index contributed by atoms with van der Waals surface area (Å²) in [5.74, 6) is 0.725. The first-order valence-corrected chi connectivity index (χ1v) is 7.36. The minimum absolute atomic E-state index is 0.275. The number of esters is 1. The summed E-state index contributed by atoms with van der Waals surface area (Å²) in [6, 6.07) is 6.05. The zero-order valence-corrected chi connectivity index (χ0v) is 12.6. The second-order valence-electron chi connectivity index (χ2n) is 5.49. The third kappa shape index (κ3) is 2.58. The monoisotopic (exact) mass is 285 g/mol. The number of nitrogens with zero attached hydrogens (tertiary/aromatic N) is 1. The molecule has 1 aliphatic rings. The summed E-state index contributed by atoms with van der Waals surface area (Å²) in [4.78, 5) is 16.7. The van der Waals surface area contributed by atoms with Crippen LogP contribution in [-0.4, -0.2) is 17.6 Å². The van der Waals surface area contributed by atoms with Crippen molar-refractivity contribution in [2.24, 2.45) is 0 Å². The van der Waals surface area contributed by atoms with E-state index in [-0.39, 0.29) is 5.76 Å². The molecule has 21 heavy (non-hydrogen) atoms. The summed E-state index contributed by atoms with van der Waals surface area (Å²) in [6.45, 7) is 6.17. The van der Waals surface area contributed by atoms with Gasteiger partial charge in [-0.1, -0.05) is 18.2 Å². The van der Waals surface area contributed by atoms with Crippen LogP contribution in [0.15, 0.2) is 22.6 Å². The van der Waals surface area contributed by atoms with E-state index in [4.69, 9.17) is 9.15 Å². The van der Waals surface area contributed by atoms with Gasteiger partial charge in [-0.25, -0.2) is 9.78 Å². The van der Waals surface area contributed by atoms with Crippen LogP contribution in [0.5, 0.6) is 0 Å². The molecule has 0 aliphatic heterocycles. The molecular weight excluding hydrogens is 266 g/mol. The lowest BCUT2D eigenvalue weighted by molar-refractivity contribution is 0.0489. The topological polar surface area (TPSA) is 52.3 Å². The van der Waals surface area contributed by atoms with E-state index in [0.29, 0.717) is 18.4 Å². The summed E-state index contributed by atoms with van der Waals surface area (Å²) in [7, 11) is 0. The minimum atomic E-state index is -0.413. The van der Waals surface area contributed by atoms with E-state index in [1.54, 1.807) is 6.92 Å². The van der Waals surface area contributed by atoms with E-state index < -0.39 is 5.97 Å². The Hall–Kier alpha value is -2.10. The summed E-state index contributed by atoms with van der Waals surface area (Å²) in [5.41, 5.74) is 3.91. The molecule has 0 spiro atoms. The lowest BCUT2D eigenvalue weighted by Gasteiger charge is -2.04. The normalized spacial score (nSPS) is 14.2. The molecule has 1 aromatic heterocycles. The van der Waals surface area contributed by atoms with Crippen LogP contribution >= 0.6 is 0 Å². The van der Waals surface area contributed by atoms with Crippen molar-refractivity contribution in [1.29, 1.82) is 0 Å². The molecule has 0 unspecified atom stereocenters. The fourth-order valence-electron chi connectivity index (χ4n) is 2.57. The summed E-state index contributed by atoms with van der Waals surface area (Å²) >= 11 is 0. The first-order chi connectivity index (χ1) is 10.1. The number of ether oxygens (including phenoxy) is 1. The van der Waals surface area contributed by atoms with Gasteiger partial charge in [0.1, 0.15) is 0 Å². The van der Waals surface area contributed by atoms with Crippen LogP contribution in [0.2, 0.25) is 0 Å². The van der Waals surface area contributed by atoms with E-state index in [1.165, 1.54) is 0 Å². The van der Waals surface area contributed by atoms with Gasteiger partial charge in [-0.2, -0.15) is 0 Å². The van der Waals surface area contributed by atoms with Crippen LogP contribution in [0, 0.1) is 13.8 Å². The van der Waals surface area contributed by atoms with Crippen LogP contribution < -0.4 is 0 Å². The number of benzene rings is 1. The average molecular weight is 285 g/mol. The molecule has 3 rings (SSSR count). The number of aryl methyl sites for hydroxylation is 2. The van der Waals surface area contributed by atoms with E-state index in [0.717, 1.165) is 35.2 Å². The van der Waals surface area contributed by atoms with Gasteiger partial charge < -0.3 is 9.15 Å². The van der Waals surface area contributed by atoms with Crippen molar-refractivity contribution < 1.29 is 13.9 Å². The maximum Gasteiger partial charge on any atom is 0.376 e. The molecule has 1 aliphatic carbocycles. The van der Waals surface area contributed by atoms with Crippen molar-refractivity contribution in [3.63, 3.8) is 0 Å². The molecule has 0 atom stereocenters. The molecule has 1 saturated carbocycles. The highest BCUT2D eigenvalue weighted by molar-refractivity contribution is 5.88. The third-order valence-corrected chi connectivity index (χ3v) is 3.77. The van der Waals surface area contributed by atoms with Gasteiger partial charge in [0.25, 0.3) is 0 Å². The van der Waals surface area contributed by atoms with Gasteiger partial charge >= 0.3 is 5.97 Å². The fourth-order valence-corrected chi connectivity index (χ4v) is 2.57. The van der Waals surface area contributed by atoms with Crippen molar-refractivity contribution in [2.75, 3.05) is 6.61 Å². The van der Waals surface area contributed by atoms with E-state index >= 15 is 0 Å². The first kappa shape index (κ1) is 13.9. The zero-order valence-electron chi connectivity index (χ0n) is 12.6. The molecule has 0 amide bonds. The lowest BCUT2D eigenvalue weighted by Crippen LogP contribution is -2.05. The predicted molar refractivity (Wildman–Crippen MR) is 79.3 cm³/mol. The van der Waals surface area contributed by atoms with E-state index in [9.17, 15) is 4.79 Å². The Balaban J connectivity index is 2.08. The van der Waals surface area contributed by atoms with Crippen LogP contribution in [0.25, 0.3) is 11.5 Å². The Labute approximate surface area is 124 Å². The lowest BCUT2D eigenvalue weighted by atomic mass is 10.0. The van der Waals surface area contributed by atoms with Gasteiger partial charge in [0, 0.05) is 11.5 Å². The van der Waals surface area contributed by atoms with Gasteiger partial charge in [0.05, 0.1) is 12.3 Å². The number of hydrogen-bond acceptors (Lipinski definition) is 4. The quantitative estimate of drug-likeness (QED) is 0.796. The van der Waals surface area contributed by atoms with Crippen molar-refractivity contribution in [3.05, 3.63) is 40.8 Å². The third-order valence-electron chi connectivity index (χ3n) is 3.77. The van der Waals surface area contributed by atoms with Crippen molar-refractivity contribution in [2.45, 2.75) is 39.5 Å². The summed E-state index contributed by atoms with van der Waals surface area (Å²) in [6.07, 6.45) is 2.12. The molecule has 4 heteroatoms. The Kier molecular flexibility index (Phi) is 3.53.